The summed E-state index contributed by atoms with van der Waals surface area (Å²) in [6, 6.07) is 6.85. The summed E-state index contributed by atoms with van der Waals surface area (Å²) in [5, 5.41) is 8.44. The molecule has 29 heavy (non-hydrogen) atoms. The Morgan fingerprint density at radius 1 is 1.28 bits per heavy atom. The van der Waals surface area contributed by atoms with Gasteiger partial charge < -0.3 is 9.47 Å². The molecule has 1 aliphatic carbocycles. The number of methoxy groups -OCH3 is 1. The van der Waals surface area contributed by atoms with Crippen molar-refractivity contribution < 1.29 is 19.1 Å². The Morgan fingerprint density at radius 3 is 2.90 bits per heavy atom. The van der Waals surface area contributed by atoms with Crippen molar-refractivity contribution in [2.24, 2.45) is 11.8 Å². The normalized spacial score (nSPS) is 28.8. The maximum Gasteiger partial charge on any atom is 0.296 e. The highest BCUT2D eigenvalue weighted by molar-refractivity contribution is 7.13. The second-order valence-corrected chi connectivity index (χ2v) is 8.68. The predicted octanol–water partition coefficient (Wildman–Crippen LogP) is 3.29. The summed E-state index contributed by atoms with van der Waals surface area (Å²) in [7, 11) is 1.59. The number of fused-ring (bicyclic) bond motifs is 1. The van der Waals surface area contributed by atoms with Crippen molar-refractivity contribution >= 4 is 28.2 Å². The second-order valence-electron chi connectivity index (χ2n) is 7.86. The van der Waals surface area contributed by atoms with Gasteiger partial charge in [-0.15, -0.1) is 10.2 Å². The molecule has 1 aromatic carbocycles. The van der Waals surface area contributed by atoms with Crippen LogP contribution in [0.5, 0.6) is 5.75 Å². The third-order valence-corrected chi connectivity index (χ3v) is 6.76. The van der Waals surface area contributed by atoms with Crippen LogP contribution in [0.3, 0.4) is 0 Å². The lowest BCUT2D eigenvalue weighted by Crippen LogP contribution is -2.41. The number of Topliss-reactive ketones (excluding diaryl/α,β-unsaturated/α-hetero) is 1. The SMILES string of the molecule is COc1cccc(C2C3=C(OC4CCC(C)CC4C3=O)C(=O)N2c2nncs2)c1. The average molecular weight is 411 g/mol. The topological polar surface area (TPSA) is 81.6 Å². The van der Waals surface area contributed by atoms with E-state index in [0.717, 1.165) is 24.8 Å². The van der Waals surface area contributed by atoms with Crippen LogP contribution in [0.25, 0.3) is 0 Å². The number of ketones is 1. The summed E-state index contributed by atoms with van der Waals surface area (Å²) in [6.45, 7) is 2.17. The van der Waals surface area contributed by atoms with E-state index < -0.39 is 6.04 Å². The van der Waals surface area contributed by atoms with E-state index in [-0.39, 0.29) is 29.5 Å². The number of carbonyl (C=O) groups excluding carboxylic acids is 2. The van der Waals surface area contributed by atoms with E-state index in [1.807, 2.05) is 24.3 Å². The van der Waals surface area contributed by atoms with Crippen LogP contribution in [-0.2, 0) is 14.3 Å². The Labute approximate surface area is 172 Å². The monoisotopic (exact) mass is 411 g/mol. The smallest absolute Gasteiger partial charge is 0.296 e. The molecule has 0 spiro atoms. The van der Waals surface area contributed by atoms with E-state index in [4.69, 9.17) is 9.47 Å². The summed E-state index contributed by atoms with van der Waals surface area (Å²) in [6.07, 6.45) is 2.37. The van der Waals surface area contributed by atoms with E-state index in [1.54, 1.807) is 12.6 Å². The lowest BCUT2D eigenvalue weighted by molar-refractivity contribution is -0.132. The molecule has 1 aromatic heterocycles. The standard InChI is InChI=1S/C21H21N3O4S/c1-11-6-7-15-14(8-11)18(25)16-17(12-4-3-5-13(9-12)27-2)24(20(26)19(16)28-15)21-23-22-10-29-21/h3-5,9-11,14-15,17H,6-8H2,1-2H3. The van der Waals surface area contributed by atoms with Crippen LogP contribution in [0.2, 0.25) is 0 Å². The third kappa shape index (κ3) is 2.85. The van der Waals surface area contributed by atoms with Crippen LogP contribution in [0.4, 0.5) is 5.13 Å². The minimum atomic E-state index is -0.591. The van der Waals surface area contributed by atoms with Crippen molar-refractivity contribution in [3.8, 4) is 5.75 Å². The van der Waals surface area contributed by atoms with Crippen molar-refractivity contribution in [1.29, 1.82) is 0 Å². The summed E-state index contributed by atoms with van der Waals surface area (Å²) in [4.78, 5) is 28.5. The number of anilines is 1. The number of hydrogen-bond donors (Lipinski definition) is 0. The zero-order valence-corrected chi connectivity index (χ0v) is 17.0. The molecule has 1 saturated carbocycles. The fraction of sp³-hybridized carbons (Fsp3) is 0.429. The van der Waals surface area contributed by atoms with Gasteiger partial charge in [0.25, 0.3) is 5.91 Å². The summed E-state index contributed by atoms with van der Waals surface area (Å²) in [5.74, 6) is 0.805. The van der Waals surface area contributed by atoms with Gasteiger partial charge in [0.2, 0.25) is 5.13 Å². The van der Waals surface area contributed by atoms with Gasteiger partial charge in [0, 0.05) is 0 Å². The van der Waals surface area contributed by atoms with Crippen molar-refractivity contribution in [1.82, 2.24) is 10.2 Å². The van der Waals surface area contributed by atoms with E-state index >= 15 is 0 Å². The van der Waals surface area contributed by atoms with Crippen molar-refractivity contribution in [3.05, 3.63) is 46.7 Å². The molecule has 4 unspecified atom stereocenters. The molecule has 8 heteroatoms. The molecule has 5 rings (SSSR count). The maximum atomic E-state index is 13.6. The van der Waals surface area contributed by atoms with Crippen LogP contribution >= 0.6 is 11.3 Å². The molecular formula is C21H21N3O4S. The van der Waals surface area contributed by atoms with Gasteiger partial charge in [-0.1, -0.05) is 30.4 Å². The van der Waals surface area contributed by atoms with Crippen LogP contribution in [-0.4, -0.2) is 35.1 Å². The van der Waals surface area contributed by atoms with Gasteiger partial charge in [0.1, 0.15) is 17.4 Å². The molecule has 2 aromatic rings. The Morgan fingerprint density at radius 2 is 2.14 bits per heavy atom. The highest BCUT2D eigenvalue weighted by Crippen LogP contribution is 2.49. The van der Waals surface area contributed by atoms with Gasteiger partial charge in [0.05, 0.1) is 24.6 Å². The van der Waals surface area contributed by atoms with Crippen LogP contribution in [0.1, 0.15) is 37.8 Å². The molecule has 0 radical (unpaired) electrons. The van der Waals surface area contributed by atoms with E-state index in [0.29, 0.717) is 22.4 Å². The third-order valence-electron chi connectivity index (χ3n) is 6.07. The molecule has 0 saturated heterocycles. The number of hydrogen-bond acceptors (Lipinski definition) is 7. The van der Waals surface area contributed by atoms with Gasteiger partial charge in [-0.05, 0) is 42.9 Å². The fourth-order valence-electron chi connectivity index (χ4n) is 4.67. The first-order valence-corrected chi connectivity index (χ1v) is 10.6. The largest absolute Gasteiger partial charge is 0.497 e. The Balaban J connectivity index is 1.65. The molecule has 150 valence electrons. The molecule has 3 aliphatic rings. The van der Waals surface area contributed by atoms with Crippen molar-refractivity contribution in [2.75, 3.05) is 12.0 Å². The summed E-state index contributed by atoms with van der Waals surface area (Å²) in [5.41, 5.74) is 2.80. The van der Waals surface area contributed by atoms with Gasteiger partial charge in [-0.2, -0.15) is 0 Å². The predicted molar refractivity (Wildman–Crippen MR) is 107 cm³/mol. The molecule has 2 aliphatic heterocycles. The van der Waals surface area contributed by atoms with Crippen LogP contribution in [0, 0.1) is 11.8 Å². The molecule has 4 atom stereocenters. The Hall–Kier alpha value is -2.74. The molecule has 3 heterocycles. The maximum absolute atomic E-state index is 13.6. The summed E-state index contributed by atoms with van der Waals surface area (Å²) < 4.78 is 11.5. The van der Waals surface area contributed by atoms with Crippen molar-refractivity contribution in [2.45, 2.75) is 38.3 Å². The van der Waals surface area contributed by atoms with Gasteiger partial charge in [-0.25, -0.2) is 0 Å². The number of amides is 1. The Bertz CT molecular complexity index is 1000. The first kappa shape index (κ1) is 18.3. The lowest BCUT2D eigenvalue weighted by Gasteiger charge is -2.37. The first-order valence-electron chi connectivity index (χ1n) is 9.77. The molecule has 0 N–H and O–H groups in total. The molecule has 0 bridgehead atoms. The van der Waals surface area contributed by atoms with Gasteiger partial charge in [-0.3, -0.25) is 14.5 Å². The number of nitrogens with zero attached hydrogens (tertiary/aromatic N) is 3. The Kier molecular flexibility index (Phi) is 4.38. The van der Waals surface area contributed by atoms with Crippen molar-refractivity contribution in [3.63, 3.8) is 0 Å². The quantitative estimate of drug-likeness (QED) is 0.771. The van der Waals surface area contributed by atoms with Crippen LogP contribution in [0.15, 0.2) is 41.1 Å². The summed E-state index contributed by atoms with van der Waals surface area (Å²) >= 11 is 1.26. The van der Waals surface area contributed by atoms with Gasteiger partial charge >= 0.3 is 0 Å². The zero-order chi connectivity index (χ0) is 20.1. The molecule has 1 amide bonds. The number of ether oxygens (including phenoxy) is 2. The highest BCUT2D eigenvalue weighted by Gasteiger charge is 2.53. The first-order chi connectivity index (χ1) is 14.1. The second kappa shape index (κ2) is 6.95. The average Bonchev–Trinajstić information content (AvgIpc) is 3.35. The molecular weight excluding hydrogens is 390 g/mol. The van der Waals surface area contributed by atoms with E-state index in [9.17, 15) is 9.59 Å². The minimum absolute atomic E-state index is 0.0241. The molecule has 1 fully saturated rings. The fourth-order valence-corrected chi connectivity index (χ4v) is 5.26. The van der Waals surface area contributed by atoms with E-state index in [2.05, 4.69) is 17.1 Å². The minimum Gasteiger partial charge on any atom is -0.497 e. The number of rotatable bonds is 3. The molecule has 7 nitrogen and oxygen atoms in total. The number of carbonyl (C=O) groups is 2. The lowest BCUT2D eigenvalue weighted by atomic mass is 9.74. The van der Waals surface area contributed by atoms with E-state index in [1.165, 1.54) is 16.2 Å². The highest BCUT2D eigenvalue weighted by atomic mass is 32.1. The van der Waals surface area contributed by atoms with Gasteiger partial charge in [0.15, 0.2) is 11.5 Å². The zero-order valence-electron chi connectivity index (χ0n) is 16.2. The van der Waals surface area contributed by atoms with Crippen LogP contribution < -0.4 is 9.64 Å². The number of benzene rings is 1. The number of aromatic nitrogens is 2.